The lowest BCUT2D eigenvalue weighted by Crippen LogP contribution is -2.23. The molecule has 0 aliphatic rings. The Bertz CT molecular complexity index is 1170. The number of pyridine rings is 1. The van der Waals surface area contributed by atoms with Gasteiger partial charge in [-0.25, -0.2) is 14.8 Å². The minimum Gasteiger partial charge on any atom is -0.478 e. The van der Waals surface area contributed by atoms with Crippen LogP contribution in [0.1, 0.15) is 37.7 Å². The lowest BCUT2D eigenvalue weighted by molar-refractivity contribution is 0.0696. The minimum absolute atomic E-state index is 0.214. The highest BCUT2D eigenvalue weighted by Gasteiger charge is 2.12. The van der Waals surface area contributed by atoms with Crippen LogP contribution in [-0.4, -0.2) is 31.9 Å². The maximum Gasteiger partial charge on any atom is 0.335 e. The number of imidazole rings is 1. The SMILES string of the molecule is O=C(O)c1ccc(Cc2cnc3nc(C(=O)NCc4ccccc4)[nH]c3c2)cc1. The fourth-order valence-electron chi connectivity index (χ4n) is 3.01. The predicted molar refractivity (Wildman–Crippen MR) is 108 cm³/mol. The van der Waals surface area contributed by atoms with E-state index in [4.69, 9.17) is 5.11 Å². The number of amides is 1. The fraction of sp³-hybridized carbons (Fsp3) is 0.0909. The standard InChI is InChI=1S/C22H18N4O3/c27-21(24-12-15-4-2-1-3-5-15)20-25-18-11-16(13-23-19(18)26-20)10-14-6-8-17(9-7-14)22(28)29/h1-9,11,13H,10,12H2,(H,24,27)(H,28,29)(H,23,25,26). The first kappa shape index (κ1) is 18.4. The molecule has 0 radical (unpaired) electrons. The average molecular weight is 386 g/mol. The highest BCUT2D eigenvalue weighted by Crippen LogP contribution is 2.15. The first-order valence-electron chi connectivity index (χ1n) is 9.07. The summed E-state index contributed by atoms with van der Waals surface area (Å²) < 4.78 is 0. The third kappa shape index (κ3) is 4.30. The van der Waals surface area contributed by atoms with Gasteiger partial charge in [0.05, 0.1) is 11.1 Å². The van der Waals surface area contributed by atoms with E-state index in [1.54, 1.807) is 30.5 Å². The minimum atomic E-state index is -0.949. The number of carboxylic acid groups (broad SMARTS) is 1. The number of rotatable bonds is 6. The van der Waals surface area contributed by atoms with Crippen molar-refractivity contribution in [3.63, 3.8) is 0 Å². The summed E-state index contributed by atoms with van der Waals surface area (Å²) in [4.78, 5) is 34.9. The number of benzene rings is 2. The number of fused-ring (bicyclic) bond motifs is 1. The largest absolute Gasteiger partial charge is 0.478 e. The number of aromatic carboxylic acids is 1. The molecular weight excluding hydrogens is 368 g/mol. The van der Waals surface area contributed by atoms with Crippen LogP contribution in [0.5, 0.6) is 0 Å². The molecule has 0 spiro atoms. The topological polar surface area (TPSA) is 108 Å². The summed E-state index contributed by atoms with van der Waals surface area (Å²) in [5.74, 6) is -1.03. The molecule has 7 heteroatoms. The van der Waals surface area contributed by atoms with Crippen LogP contribution >= 0.6 is 0 Å². The van der Waals surface area contributed by atoms with Gasteiger partial charge in [-0.3, -0.25) is 4.79 Å². The van der Waals surface area contributed by atoms with E-state index in [0.29, 0.717) is 24.1 Å². The normalized spacial score (nSPS) is 10.8. The van der Waals surface area contributed by atoms with E-state index in [0.717, 1.165) is 16.7 Å². The number of aromatic nitrogens is 3. The Hall–Kier alpha value is -4.00. The zero-order chi connectivity index (χ0) is 20.2. The molecule has 1 amide bonds. The summed E-state index contributed by atoms with van der Waals surface area (Å²) in [5, 5.41) is 11.8. The Morgan fingerprint density at radius 1 is 0.966 bits per heavy atom. The van der Waals surface area contributed by atoms with Crippen molar-refractivity contribution in [2.45, 2.75) is 13.0 Å². The number of nitrogens with zero attached hydrogens (tertiary/aromatic N) is 2. The number of hydrogen-bond donors (Lipinski definition) is 3. The summed E-state index contributed by atoms with van der Waals surface area (Å²) >= 11 is 0. The molecule has 2 heterocycles. The third-order valence-electron chi connectivity index (χ3n) is 4.51. The van der Waals surface area contributed by atoms with Crippen molar-refractivity contribution in [2.75, 3.05) is 0 Å². The average Bonchev–Trinajstić information content (AvgIpc) is 3.17. The molecule has 0 bridgehead atoms. The highest BCUT2D eigenvalue weighted by molar-refractivity contribution is 5.93. The molecule has 4 aromatic rings. The van der Waals surface area contributed by atoms with Crippen LogP contribution in [0.4, 0.5) is 0 Å². The number of H-pyrrole nitrogens is 1. The first-order chi connectivity index (χ1) is 14.1. The van der Waals surface area contributed by atoms with E-state index in [1.165, 1.54) is 0 Å². The summed E-state index contributed by atoms with van der Waals surface area (Å²) in [7, 11) is 0. The lowest BCUT2D eigenvalue weighted by atomic mass is 10.0. The van der Waals surface area contributed by atoms with E-state index in [9.17, 15) is 9.59 Å². The summed E-state index contributed by atoms with van der Waals surface area (Å²) in [6, 6.07) is 18.3. The maximum atomic E-state index is 12.4. The molecule has 0 aliphatic heterocycles. The van der Waals surface area contributed by atoms with Gasteiger partial charge in [0.2, 0.25) is 0 Å². The number of carbonyl (C=O) groups is 2. The van der Waals surface area contributed by atoms with Gasteiger partial charge in [0.25, 0.3) is 5.91 Å². The monoisotopic (exact) mass is 386 g/mol. The molecule has 0 aliphatic carbocycles. The van der Waals surface area contributed by atoms with Crippen molar-refractivity contribution < 1.29 is 14.7 Å². The molecule has 0 atom stereocenters. The zero-order valence-corrected chi connectivity index (χ0v) is 15.4. The number of carboxylic acids is 1. The quantitative estimate of drug-likeness (QED) is 0.472. The third-order valence-corrected chi connectivity index (χ3v) is 4.51. The smallest absolute Gasteiger partial charge is 0.335 e. The van der Waals surface area contributed by atoms with Crippen LogP contribution in [-0.2, 0) is 13.0 Å². The van der Waals surface area contributed by atoms with Gasteiger partial charge in [0, 0.05) is 12.7 Å². The molecular formula is C22H18N4O3. The molecule has 29 heavy (non-hydrogen) atoms. The second-order valence-electron chi connectivity index (χ2n) is 6.65. The number of carbonyl (C=O) groups excluding carboxylic acids is 1. The summed E-state index contributed by atoms with van der Waals surface area (Å²) in [6.07, 6.45) is 2.30. The van der Waals surface area contributed by atoms with Crippen molar-refractivity contribution in [3.05, 3.63) is 94.9 Å². The summed E-state index contributed by atoms with van der Waals surface area (Å²) in [6.45, 7) is 0.418. The molecule has 0 unspecified atom stereocenters. The van der Waals surface area contributed by atoms with Gasteiger partial charge in [-0.1, -0.05) is 42.5 Å². The molecule has 144 valence electrons. The van der Waals surface area contributed by atoms with Gasteiger partial charge < -0.3 is 15.4 Å². The Balaban J connectivity index is 1.47. The summed E-state index contributed by atoms with van der Waals surface area (Å²) in [5.41, 5.74) is 4.31. The van der Waals surface area contributed by atoms with Crippen molar-refractivity contribution in [3.8, 4) is 0 Å². The molecule has 0 saturated heterocycles. The predicted octanol–water partition coefficient (Wildman–Crippen LogP) is 3.18. The van der Waals surface area contributed by atoms with Gasteiger partial charge in [-0.2, -0.15) is 0 Å². The van der Waals surface area contributed by atoms with Crippen LogP contribution < -0.4 is 5.32 Å². The van der Waals surface area contributed by atoms with E-state index in [2.05, 4.69) is 20.3 Å². The van der Waals surface area contributed by atoms with Gasteiger partial charge in [0.1, 0.15) is 0 Å². The van der Waals surface area contributed by atoms with Crippen LogP contribution in [0.25, 0.3) is 11.2 Å². The molecule has 4 rings (SSSR count). The fourth-order valence-corrected chi connectivity index (χ4v) is 3.01. The van der Waals surface area contributed by atoms with E-state index in [1.807, 2.05) is 36.4 Å². The second-order valence-corrected chi connectivity index (χ2v) is 6.65. The Morgan fingerprint density at radius 2 is 1.72 bits per heavy atom. The lowest BCUT2D eigenvalue weighted by Gasteiger charge is -2.02. The molecule has 0 saturated carbocycles. The number of nitrogens with one attached hydrogen (secondary N) is 2. The van der Waals surface area contributed by atoms with Crippen LogP contribution in [0.3, 0.4) is 0 Å². The Labute approximate surface area is 166 Å². The number of aromatic amines is 1. The van der Waals surface area contributed by atoms with Crippen molar-refractivity contribution >= 4 is 23.0 Å². The van der Waals surface area contributed by atoms with Crippen molar-refractivity contribution in [2.24, 2.45) is 0 Å². The molecule has 3 N–H and O–H groups in total. The molecule has 2 aromatic heterocycles. The van der Waals surface area contributed by atoms with Gasteiger partial charge in [0.15, 0.2) is 11.5 Å². The van der Waals surface area contributed by atoms with Crippen LogP contribution in [0, 0.1) is 0 Å². The number of hydrogen-bond acceptors (Lipinski definition) is 4. The Kier molecular flexibility index (Phi) is 5.03. The van der Waals surface area contributed by atoms with E-state index in [-0.39, 0.29) is 17.3 Å². The van der Waals surface area contributed by atoms with Crippen LogP contribution in [0.2, 0.25) is 0 Å². The van der Waals surface area contributed by atoms with Crippen LogP contribution in [0.15, 0.2) is 66.9 Å². The van der Waals surface area contributed by atoms with Crippen molar-refractivity contribution in [1.29, 1.82) is 0 Å². The van der Waals surface area contributed by atoms with Gasteiger partial charge in [-0.05, 0) is 41.3 Å². The molecule has 2 aromatic carbocycles. The highest BCUT2D eigenvalue weighted by atomic mass is 16.4. The zero-order valence-electron chi connectivity index (χ0n) is 15.4. The van der Waals surface area contributed by atoms with E-state index < -0.39 is 5.97 Å². The molecule has 7 nitrogen and oxygen atoms in total. The molecule has 0 fully saturated rings. The van der Waals surface area contributed by atoms with Gasteiger partial charge in [-0.15, -0.1) is 0 Å². The van der Waals surface area contributed by atoms with Crippen molar-refractivity contribution in [1.82, 2.24) is 20.3 Å². The van der Waals surface area contributed by atoms with E-state index >= 15 is 0 Å². The maximum absolute atomic E-state index is 12.4. The Morgan fingerprint density at radius 3 is 2.45 bits per heavy atom. The second kappa shape index (κ2) is 7.93. The van der Waals surface area contributed by atoms with Gasteiger partial charge >= 0.3 is 5.97 Å². The first-order valence-corrected chi connectivity index (χ1v) is 9.07.